The molecule has 2 fully saturated rings. The molecule has 1 saturated carbocycles. The molecule has 0 amide bonds. The van der Waals surface area contributed by atoms with Gasteiger partial charge in [0.1, 0.15) is 5.75 Å². The van der Waals surface area contributed by atoms with Gasteiger partial charge in [-0.1, -0.05) is 18.9 Å². The lowest BCUT2D eigenvalue weighted by molar-refractivity contribution is 0.0139. The first-order valence-electron chi connectivity index (χ1n) is 9.24. The molecule has 3 atom stereocenters. The second-order valence-electron chi connectivity index (χ2n) is 7.55. The molecule has 1 heterocycles. The number of hydrogen-bond donors (Lipinski definition) is 0. The molecule has 3 aliphatic rings. The summed E-state index contributed by atoms with van der Waals surface area (Å²) in [6.07, 6.45) is 6.83. The van der Waals surface area contributed by atoms with Crippen molar-refractivity contribution in [1.82, 2.24) is 4.67 Å². The zero-order valence-corrected chi connectivity index (χ0v) is 16.3. The van der Waals surface area contributed by atoms with Crippen LogP contribution in [0.4, 0.5) is 0 Å². The molecule has 2 aliphatic carbocycles. The molecule has 0 spiro atoms. The molecule has 1 aromatic rings. The fraction of sp³-hybridized carbons (Fsp3) is 0.684. The van der Waals surface area contributed by atoms with Crippen LogP contribution in [-0.2, 0) is 25.4 Å². The van der Waals surface area contributed by atoms with Crippen LogP contribution in [0.5, 0.6) is 5.75 Å². The van der Waals surface area contributed by atoms with Crippen molar-refractivity contribution in [2.24, 2.45) is 5.92 Å². The summed E-state index contributed by atoms with van der Waals surface area (Å²) in [6.45, 7) is 0.761. The summed E-state index contributed by atoms with van der Waals surface area (Å²) in [7, 11) is 1.52. The van der Waals surface area contributed by atoms with Crippen molar-refractivity contribution in [3.8, 4) is 5.75 Å². The minimum Gasteiger partial charge on any atom is -0.497 e. The summed E-state index contributed by atoms with van der Waals surface area (Å²) in [5, 5.41) is 0. The average Bonchev–Trinajstić information content (AvgIpc) is 2.67. The second kappa shape index (κ2) is 6.38. The topological polar surface area (TPSA) is 48.0 Å². The van der Waals surface area contributed by atoms with Crippen LogP contribution in [0.1, 0.15) is 43.2 Å². The van der Waals surface area contributed by atoms with E-state index in [-0.39, 0.29) is 11.5 Å². The molecule has 1 aliphatic heterocycles. The van der Waals surface area contributed by atoms with Crippen molar-refractivity contribution in [3.63, 3.8) is 0 Å². The van der Waals surface area contributed by atoms with Crippen LogP contribution < -0.4 is 4.74 Å². The molecule has 25 heavy (non-hydrogen) atoms. The molecule has 138 valence electrons. The number of piperidine rings is 1. The highest BCUT2D eigenvalue weighted by Gasteiger charge is 2.57. The molecule has 1 saturated heterocycles. The number of fused-ring (bicyclic) bond motifs is 1. The molecule has 0 N–H and O–H groups in total. The Labute approximate surface area is 150 Å². The van der Waals surface area contributed by atoms with Gasteiger partial charge in [0.05, 0.1) is 7.11 Å². The Morgan fingerprint density at radius 1 is 1.16 bits per heavy atom. The SMILES string of the molecule is COc1ccc2c(c1)[C@@]13CCCCC1[C@@H](C2)N(P(=O)(OC)OC)CC3. The van der Waals surface area contributed by atoms with E-state index in [4.69, 9.17) is 13.8 Å². The quantitative estimate of drug-likeness (QED) is 0.750. The van der Waals surface area contributed by atoms with Crippen LogP contribution in [0.25, 0.3) is 0 Å². The standard InChI is InChI=1S/C19H28NO4P/c1-22-15-8-7-14-12-18-16-6-4-5-9-19(16,17(14)13-15)10-11-20(18)25(21,23-2)24-3/h7-8,13,16,18H,4-6,9-12H2,1-3H3/t16?,18-,19-/m1/s1. The summed E-state index contributed by atoms with van der Waals surface area (Å²) in [5.41, 5.74) is 3.03. The molecule has 0 aromatic heterocycles. The summed E-state index contributed by atoms with van der Waals surface area (Å²) >= 11 is 0. The zero-order chi connectivity index (χ0) is 17.7. The van der Waals surface area contributed by atoms with Crippen molar-refractivity contribution in [2.75, 3.05) is 27.9 Å². The molecular formula is C19H28NO4P. The van der Waals surface area contributed by atoms with Gasteiger partial charge in [0.2, 0.25) is 0 Å². The zero-order valence-electron chi connectivity index (χ0n) is 15.4. The van der Waals surface area contributed by atoms with Gasteiger partial charge in [0.15, 0.2) is 0 Å². The Balaban J connectivity index is 1.82. The lowest BCUT2D eigenvalue weighted by Crippen LogP contribution is -2.59. The van der Waals surface area contributed by atoms with Crippen LogP contribution >= 0.6 is 7.75 Å². The third-order valence-electron chi connectivity index (χ3n) is 6.79. The number of methoxy groups -OCH3 is 1. The number of ether oxygens (including phenoxy) is 1. The first-order chi connectivity index (χ1) is 12.1. The van der Waals surface area contributed by atoms with Crippen LogP contribution in [-0.4, -0.2) is 38.6 Å². The minimum atomic E-state index is -3.21. The molecule has 0 radical (unpaired) electrons. The maximum Gasteiger partial charge on any atom is 0.407 e. The minimum absolute atomic E-state index is 0.188. The first kappa shape index (κ1) is 17.5. The third-order valence-corrected chi connectivity index (χ3v) is 8.84. The van der Waals surface area contributed by atoms with E-state index in [1.165, 1.54) is 51.0 Å². The maximum absolute atomic E-state index is 13.2. The van der Waals surface area contributed by atoms with E-state index < -0.39 is 7.75 Å². The van der Waals surface area contributed by atoms with Gasteiger partial charge in [-0.3, -0.25) is 9.05 Å². The monoisotopic (exact) mass is 365 g/mol. The summed E-state index contributed by atoms with van der Waals surface area (Å²) in [6, 6.07) is 6.72. The fourth-order valence-corrected chi connectivity index (χ4v) is 7.20. The first-order valence-corrected chi connectivity index (χ1v) is 10.7. The highest BCUT2D eigenvalue weighted by atomic mass is 31.2. The predicted molar refractivity (Wildman–Crippen MR) is 97.1 cm³/mol. The highest BCUT2D eigenvalue weighted by molar-refractivity contribution is 7.51. The molecule has 1 aromatic carbocycles. The Hall–Kier alpha value is -0.870. The van der Waals surface area contributed by atoms with E-state index in [0.29, 0.717) is 5.92 Å². The van der Waals surface area contributed by atoms with Crippen molar-refractivity contribution in [3.05, 3.63) is 29.3 Å². The van der Waals surface area contributed by atoms with E-state index in [1.54, 1.807) is 7.11 Å². The van der Waals surface area contributed by atoms with E-state index >= 15 is 0 Å². The van der Waals surface area contributed by atoms with E-state index in [9.17, 15) is 4.57 Å². The lowest BCUT2D eigenvalue weighted by atomic mass is 9.53. The van der Waals surface area contributed by atoms with Gasteiger partial charge in [-0.2, -0.15) is 0 Å². The highest BCUT2D eigenvalue weighted by Crippen LogP contribution is 2.63. The third kappa shape index (κ3) is 2.51. The van der Waals surface area contributed by atoms with E-state index in [2.05, 4.69) is 12.1 Å². The van der Waals surface area contributed by atoms with Crippen molar-refractivity contribution in [1.29, 1.82) is 0 Å². The Morgan fingerprint density at radius 2 is 1.96 bits per heavy atom. The average molecular weight is 365 g/mol. The Bertz CT molecular complexity index is 701. The maximum atomic E-state index is 13.2. The summed E-state index contributed by atoms with van der Waals surface area (Å²) in [4.78, 5) is 0. The van der Waals surface area contributed by atoms with Crippen molar-refractivity contribution < 1.29 is 18.3 Å². The molecular weight excluding hydrogens is 337 g/mol. The summed E-state index contributed by atoms with van der Waals surface area (Å²) in [5.74, 6) is 1.45. The van der Waals surface area contributed by atoms with Gasteiger partial charge >= 0.3 is 7.75 Å². The lowest BCUT2D eigenvalue weighted by Gasteiger charge is -2.59. The van der Waals surface area contributed by atoms with Gasteiger partial charge < -0.3 is 4.74 Å². The van der Waals surface area contributed by atoms with Crippen LogP contribution in [0.15, 0.2) is 18.2 Å². The van der Waals surface area contributed by atoms with Crippen molar-refractivity contribution >= 4 is 7.75 Å². The van der Waals surface area contributed by atoms with Gasteiger partial charge in [0.25, 0.3) is 0 Å². The van der Waals surface area contributed by atoms with Crippen LogP contribution in [0, 0.1) is 5.92 Å². The Morgan fingerprint density at radius 3 is 2.68 bits per heavy atom. The number of benzene rings is 1. The number of hydrogen-bond acceptors (Lipinski definition) is 4. The molecule has 6 heteroatoms. The van der Waals surface area contributed by atoms with Gasteiger partial charge in [-0.15, -0.1) is 0 Å². The van der Waals surface area contributed by atoms with Crippen molar-refractivity contribution in [2.45, 2.75) is 50.0 Å². The number of nitrogens with zero attached hydrogens (tertiary/aromatic N) is 1. The molecule has 1 unspecified atom stereocenters. The Kier molecular flexibility index (Phi) is 4.48. The largest absolute Gasteiger partial charge is 0.497 e. The second-order valence-corrected chi connectivity index (χ2v) is 9.73. The molecule has 5 nitrogen and oxygen atoms in total. The van der Waals surface area contributed by atoms with E-state index in [0.717, 1.165) is 25.1 Å². The molecule has 4 rings (SSSR count). The normalized spacial score (nSPS) is 32.0. The van der Waals surface area contributed by atoms with Gasteiger partial charge in [0, 0.05) is 32.2 Å². The van der Waals surface area contributed by atoms with Gasteiger partial charge in [-0.25, -0.2) is 9.24 Å². The van der Waals surface area contributed by atoms with Crippen LogP contribution in [0.3, 0.4) is 0 Å². The van der Waals surface area contributed by atoms with Gasteiger partial charge in [-0.05, 0) is 54.9 Å². The van der Waals surface area contributed by atoms with E-state index in [1.807, 2.05) is 10.7 Å². The number of rotatable bonds is 4. The predicted octanol–water partition coefficient (Wildman–Crippen LogP) is 4.15. The molecule has 2 bridgehead atoms. The fourth-order valence-electron chi connectivity index (χ4n) is 5.68. The summed E-state index contributed by atoms with van der Waals surface area (Å²) < 4.78 is 31.4. The van der Waals surface area contributed by atoms with Crippen LogP contribution in [0.2, 0.25) is 0 Å². The smallest absolute Gasteiger partial charge is 0.407 e.